The number of rotatable bonds is 3. The van der Waals surface area contributed by atoms with Crippen molar-refractivity contribution in [3.05, 3.63) is 17.7 Å². The van der Waals surface area contributed by atoms with Crippen LogP contribution in [0.25, 0.3) is 0 Å². The summed E-state index contributed by atoms with van der Waals surface area (Å²) < 4.78 is 1.87. The molecule has 0 amide bonds. The second-order valence-electron chi connectivity index (χ2n) is 3.23. The van der Waals surface area contributed by atoms with Crippen molar-refractivity contribution in [2.75, 3.05) is 0 Å². The second-order valence-corrected chi connectivity index (χ2v) is 3.23. The number of carboxylic acids is 1. The van der Waals surface area contributed by atoms with Crippen LogP contribution in [0.5, 0.6) is 0 Å². The normalized spacial score (nSPS) is 10.8. The maximum Gasteiger partial charge on any atom is 0.356 e. The molecule has 13 heavy (non-hydrogen) atoms. The lowest BCUT2D eigenvalue weighted by molar-refractivity contribution is 0.0691. The lowest BCUT2D eigenvalue weighted by Gasteiger charge is -2.05. The zero-order valence-corrected chi connectivity index (χ0v) is 8.11. The van der Waals surface area contributed by atoms with Crippen LogP contribution in [0.4, 0.5) is 0 Å². The van der Waals surface area contributed by atoms with Crippen LogP contribution < -0.4 is 0 Å². The Morgan fingerprint density at radius 2 is 2.31 bits per heavy atom. The summed E-state index contributed by atoms with van der Waals surface area (Å²) in [6.45, 7) is 6.73. The van der Waals surface area contributed by atoms with Gasteiger partial charge in [0.15, 0.2) is 5.69 Å². The molecule has 0 aliphatic carbocycles. The highest BCUT2D eigenvalue weighted by Crippen LogP contribution is 2.13. The molecule has 1 heterocycles. The Kier molecular flexibility index (Phi) is 2.70. The van der Waals surface area contributed by atoms with Crippen molar-refractivity contribution in [2.24, 2.45) is 0 Å². The van der Waals surface area contributed by atoms with E-state index in [9.17, 15) is 4.79 Å². The van der Waals surface area contributed by atoms with Gasteiger partial charge >= 0.3 is 5.97 Å². The van der Waals surface area contributed by atoms with Crippen molar-refractivity contribution in [3.8, 4) is 0 Å². The van der Waals surface area contributed by atoms with Crippen molar-refractivity contribution in [1.29, 1.82) is 0 Å². The number of nitrogens with zero attached hydrogens (tertiary/aromatic N) is 2. The van der Waals surface area contributed by atoms with E-state index in [1.165, 1.54) is 0 Å². The molecule has 0 unspecified atom stereocenters. The van der Waals surface area contributed by atoms with Crippen molar-refractivity contribution < 1.29 is 9.90 Å². The molecule has 0 aliphatic rings. The highest BCUT2D eigenvalue weighted by molar-refractivity contribution is 5.85. The van der Waals surface area contributed by atoms with Crippen LogP contribution in [0.3, 0.4) is 0 Å². The standard InChI is InChI=1S/C9H14N2O2/c1-4-11-5-7(9(12)13)10-8(11)6(2)3/h5-6H,4H2,1-3H3,(H,12,13). The largest absolute Gasteiger partial charge is 0.476 e. The van der Waals surface area contributed by atoms with Crippen molar-refractivity contribution in [1.82, 2.24) is 9.55 Å². The molecule has 4 nitrogen and oxygen atoms in total. The minimum atomic E-state index is -0.964. The van der Waals surface area contributed by atoms with Gasteiger partial charge in [-0.2, -0.15) is 0 Å². The average molecular weight is 182 g/mol. The number of aromatic nitrogens is 2. The Hall–Kier alpha value is -1.32. The van der Waals surface area contributed by atoms with Crippen LogP contribution in [0.1, 0.15) is 43.0 Å². The summed E-state index contributed by atoms with van der Waals surface area (Å²) in [5, 5.41) is 8.72. The van der Waals surface area contributed by atoms with Gasteiger partial charge in [0.1, 0.15) is 5.82 Å². The van der Waals surface area contributed by atoms with E-state index < -0.39 is 5.97 Å². The fourth-order valence-electron chi connectivity index (χ4n) is 1.25. The van der Waals surface area contributed by atoms with E-state index in [0.29, 0.717) is 0 Å². The molecular weight excluding hydrogens is 168 g/mol. The summed E-state index contributed by atoms with van der Waals surface area (Å²) >= 11 is 0. The molecule has 1 N–H and O–H groups in total. The summed E-state index contributed by atoms with van der Waals surface area (Å²) in [5.41, 5.74) is 0.130. The quantitative estimate of drug-likeness (QED) is 0.774. The fraction of sp³-hybridized carbons (Fsp3) is 0.556. The van der Waals surface area contributed by atoms with Crippen LogP contribution in [0, 0.1) is 0 Å². The highest BCUT2D eigenvalue weighted by atomic mass is 16.4. The third kappa shape index (κ3) is 1.88. The molecule has 0 saturated heterocycles. The summed E-state index contributed by atoms with van der Waals surface area (Å²) in [6.07, 6.45) is 1.58. The number of imidazole rings is 1. The number of aryl methyl sites for hydroxylation is 1. The van der Waals surface area contributed by atoms with Crippen molar-refractivity contribution in [3.63, 3.8) is 0 Å². The lowest BCUT2D eigenvalue weighted by Crippen LogP contribution is -2.02. The number of aromatic carboxylic acids is 1. The van der Waals surface area contributed by atoms with Gasteiger partial charge in [-0.15, -0.1) is 0 Å². The molecule has 1 aromatic heterocycles. The monoisotopic (exact) mass is 182 g/mol. The van der Waals surface area contributed by atoms with Gasteiger partial charge in [-0.1, -0.05) is 13.8 Å². The van der Waals surface area contributed by atoms with Gasteiger partial charge in [-0.25, -0.2) is 9.78 Å². The molecule has 1 aromatic rings. The molecule has 0 aliphatic heterocycles. The van der Waals surface area contributed by atoms with Crippen LogP contribution in [0.15, 0.2) is 6.20 Å². The Bertz CT molecular complexity index is 315. The molecular formula is C9H14N2O2. The number of carbonyl (C=O) groups is 1. The predicted octanol–water partition coefficient (Wildman–Crippen LogP) is 1.72. The van der Waals surface area contributed by atoms with Gasteiger partial charge < -0.3 is 9.67 Å². The molecule has 1 rings (SSSR count). The van der Waals surface area contributed by atoms with Crippen LogP contribution >= 0.6 is 0 Å². The van der Waals surface area contributed by atoms with Gasteiger partial charge in [0, 0.05) is 18.7 Å². The first kappa shape index (κ1) is 9.77. The molecule has 0 bridgehead atoms. The predicted molar refractivity (Wildman–Crippen MR) is 48.9 cm³/mol. The molecule has 0 aromatic carbocycles. The minimum Gasteiger partial charge on any atom is -0.476 e. The topological polar surface area (TPSA) is 55.1 Å². The summed E-state index contributed by atoms with van der Waals surface area (Å²) in [6, 6.07) is 0. The Balaban J connectivity index is 3.11. The third-order valence-corrected chi connectivity index (χ3v) is 1.88. The van der Waals surface area contributed by atoms with Crippen LogP contribution in [-0.4, -0.2) is 20.6 Å². The minimum absolute atomic E-state index is 0.130. The number of hydrogen-bond donors (Lipinski definition) is 1. The zero-order chi connectivity index (χ0) is 10.0. The lowest BCUT2D eigenvalue weighted by atomic mass is 10.2. The highest BCUT2D eigenvalue weighted by Gasteiger charge is 2.13. The van der Waals surface area contributed by atoms with Gasteiger partial charge in [0.2, 0.25) is 0 Å². The summed E-state index contributed by atoms with van der Waals surface area (Å²) in [4.78, 5) is 14.7. The zero-order valence-electron chi connectivity index (χ0n) is 8.11. The van der Waals surface area contributed by atoms with E-state index in [4.69, 9.17) is 5.11 Å². The molecule has 4 heteroatoms. The van der Waals surface area contributed by atoms with Crippen molar-refractivity contribution in [2.45, 2.75) is 33.2 Å². The van der Waals surface area contributed by atoms with E-state index in [2.05, 4.69) is 4.98 Å². The first-order valence-electron chi connectivity index (χ1n) is 4.36. The van der Waals surface area contributed by atoms with E-state index in [1.807, 2.05) is 25.3 Å². The molecule has 0 atom stereocenters. The van der Waals surface area contributed by atoms with E-state index in [0.717, 1.165) is 12.4 Å². The number of hydrogen-bond acceptors (Lipinski definition) is 2. The average Bonchev–Trinajstić information content (AvgIpc) is 2.47. The van der Waals surface area contributed by atoms with Crippen LogP contribution in [0.2, 0.25) is 0 Å². The molecule has 0 fully saturated rings. The first-order valence-corrected chi connectivity index (χ1v) is 4.36. The van der Waals surface area contributed by atoms with Crippen molar-refractivity contribution >= 4 is 5.97 Å². The molecule has 72 valence electrons. The van der Waals surface area contributed by atoms with E-state index in [1.54, 1.807) is 6.20 Å². The van der Waals surface area contributed by atoms with E-state index in [-0.39, 0.29) is 11.6 Å². The van der Waals surface area contributed by atoms with Gasteiger partial charge in [-0.3, -0.25) is 0 Å². The fourth-order valence-corrected chi connectivity index (χ4v) is 1.25. The molecule has 0 saturated carbocycles. The van der Waals surface area contributed by atoms with Gasteiger partial charge in [0.05, 0.1) is 0 Å². The Morgan fingerprint density at radius 3 is 2.62 bits per heavy atom. The molecule has 0 radical (unpaired) electrons. The Morgan fingerprint density at radius 1 is 1.69 bits per heavy atom. The summed E-state index contributed by atoms with van der Waals surface area (Å²) in [7, 11) is 0. The summed E-state index contributed by atoms with van der Waals surface area (Å²) in [5.74, 6) is 0.127. The van der Waals surface area contributed by atoms with Gasteiger partial charge in [-0.05, 0) is 6.92 Å². The molecule has 0 spiro atoms. The second kappa shape index (κ2) is 3.60. The third-order valence-electron chi connectivity index (χ3n) is 1.88. The maximum absolute atomic E-state index is 10.6. The van der Waals surface area contributed by atoms with Crippen LogP contribution in [-0.2, 0) is 6.54 Å². The first-order chi connectivity index (χ1) is 6.06. The van der Waals surface area contributed by atoms with E-state index >= 15 is 0 Å². The number of carboxylic acid groups (broad SMARTS) is 1. The SMILES string of the molecule is CCn1cc(C(=O)O)nc1C(C)C. The van der Waals surface area contributed by atoms with Gasteiger partial charge in [0.25, 0.3) is 0 Å². The smallest absolute Gasteiger partial charge is 0.356 e. The Labute approximate surface area is 77.2 Å². The maximum atomic E-state index is 10.6.